The monoisotopic (exact) mass is 470 g/mol. The topological polar surface area (TPSA) is 182 Å². The van der Waals surface area contributed by atoms with Crippen LogP contribution in [0.4, 0.5) is 0 Å². The second kappa shape index (κ2) is 7.81. The van der Waals surface area contributed by atoms with Crippen molar-refractivity contribution in [2.75, 3.05) is 14.1 Å². The number of phenols is 1. The standard InChI is InChI=1S/C22H24N2O8.Mg.2H/c1-21(31)8-5-4-6-11(25)12(8)16(26)13-9(21)7-10-15(24(2)3)17(27)14(20(23)30)19(29)22(10,32)18(13)28;;;/h4-6,9-10,15,25-26,29,31-32H,7H2,1-3H3,(H2,23,30);;;/q;+2;2*-1/t9-,10-,15-,21+,22-;;;/m0.../s1. The number of benzene rings is 1. The average Bonchev–Trinajstić information content (AvgIpc) is 2.68. The van der Waals surface area contributed by atoms with Gasteiger partial charge in [0.15, 0.2) is 11.4 Å². The summed E-state index contributed by atoms with van der Waals surface area (Å²) in [7, 11) is 3.01. The van der Waals surface area contributed by atoms with E-state index in [1.807, 2.05) is 0 Å². The van der Waals surface area contributed by atoms with Crippen LogP contribution in [0.25, 0.3) is 5.76 Å². The first-order chi connectivity index (χ1) is 14.8. The number of carbonyl (C=O) groups excluding carboxylic acids is 3. The zero-order chi connectivity index (χ0) is 23.9. The molecule has 0 radical (unpaired) electrons. The molecule has 0 unspecified atom stereocenters. The molecule has 1 aromatic rings. The number of hydrogen-bond donors (Lipinski definition) is 6. The number of nitrogens with two attached hydrogens (primary N) is 1. The van der Waals surface area contributed by atoms with E-state index in [9.17, 15) is 39.9 Å². The molecule has 174 valence electrons. The number of ketones is 2. The van der Waals surface area contributed by atoms with Gasteiger partial charge in [0.2, 0.25) is 5.78 Å². The molecule has 10 nitrogen and oxygen atoms in total. The first kappa shape index (κ1) is 25.2. The molecule has 1 aromatic carbocycles. The first-order valence-electron chi connectivity index (χ1n) is 9.97. The molecule has 7 N–H and O–H groups in total. The summed E-state index contributed by atoms with van der Waals surface area (Å²) in [5.41, 5.74) is -0.548. The van der Waals surface area contributed by atoms with Crippen LogP contribution in [-0.2, 0) is 20.0 Å². The van der Waals surface area contributed by atoms with Crippen LogP contribution in [0, 0.1) is 11.8 Å². The van der Waals surface area contributed by atoms with E-state index < -0.39 is 75.0 Å². The number of carbonyl (C=O) groups is 3. The number of Topliss-reactive ketones (excluding diaryl/α,β-unsaturated/α-hetero) is 2. The Bertz CT molecular complexity index is 1170. The third kappa shape index (κ3) is 3.07. The molecule has 0 heterocycles. The van der Waals surface area contributed by atoms with Crippen molar-refractivity contribution in [3.8, 4) is 5.75 Å². The van der Waals surface area contributed by atoms with Crippen LogP contribution in [0.2, 0.25) is 0 Å². The molecule has 33 heavy (non-hydrogen) atoms. The zero-order valence-electron chi connectivity index (χ0n) is 20.4. The van der Waals surface area contributed by atoms with E-state index in [4.69, 9.17) is 5.73 Å². The number of rotatable bonds is 2. The molecule has 0 saturated heterocycles. The molecule has 0 bridgehead atoms. The molecule has 1 amide bonds. The number of likely N-dealkylation sites (N-methyl/N-ethyl adjacent to an activating group) is 1. The fourth-order valence-electron chi connectivity index (χ4n) is 5.50. The van der Waals surface area contributed by atoms with Crippen LogP contribution >= 0.6 is 0 Å². The van der Waals surface area contributed by atoms with E-state index in [-0.39, 0.29) is 43.5 Å². The second-order valence-corrected chi connectivity index (χ2v) is 8.96. The van der Waals surface area contributed by atoms with Gasteiger partial charge in [-0.25, -0.2) is 0 Å². The number of aliphatic hydroxyl groups is 4. The van der Waals surface area contributed by atoms with Crippen molar-refractivity contribution in [3.63, 3.8) is 0 Å². The summed E-state index contributed by atoms with van der Waals surface area (Å²) in [6.07, 6.45) is -0.200. The van der Waals surface area contributed by atoms with Crippen LogP contribution in [0.5, 0.6) is 5.75 Å². The minimum atomic E-state index is -2.75. The van der Waals surface area contributed by atoms with Crippen molar-refractivity contribution in [2.24, 2.45) is 17.6 Å². The van der Waals surface area contributed by atoms with Gasteiger partial charge in [0, 0.05) is 17.4 Å². The molecule has 4 rings (SSSR count). The van der Waals surface area contributed by atoms with Crippen molar-refractivity contribution >= 4 is 46.3 Å². The summed E-state index contributed by atoms with van der Waals surface area (Å²) in [5, 5.41) is 54.9. The molecule has 0 spiro atoms. The van der Waals surface area contributed by atoms with Gasteiger partial charge in [-0.2, -0.15) is 0 Å². The maximum atomic E-state index is 13.7. The van der Waals surface area contributed by atoms with Crippen molar-refractivity contribution in [1.29, 1.82) is 0 Å². The van der Waals surface area contributed by atoms with Gasteiger partial charge in [0.1, 0.15) is 22.8 Å². The third-order valence-electron chi connectivity index (χ3n) is 7.02. The fourth-order valence-corrected chi connectivity index (χ4v) is 5.50. The smallest absolute Gasteiger partial charge is 1.00 e. The van der Waals surface area contributed by atoms with E-state index in [2.05, 4.69) is 0 Å². The summed E-state index contributed by atoms with van der Waals surface area (Å²) in [4.78, 5) is 40.0. The average molecular weight is 471 g/mol. The normalized spacial score (nSPS) is 33.3. The largest absolute Gasteiger partial charge is 2.00 e. The van der Waals surface area contributed by atoms with Gasteiger partial charge >= 0.3 is 23.1 Å². The number of amides is 1. The number of fused-ring (bicyclic) bond motifs is 3. The van der Waals surface area contributed by atoms with E-state index in [1.165, 1.54) is 44.1 Å². The molecule has 0 aromatic heterocycles. The van der Waals surface area contributed by atoms with Crippen molar-refractivity contribution in [1.82, 2.24) is 4.90 Å². The van der Waals surface area contributed by atoms with Gasteiger partial charge in [-0.1, -0.05) is 12.1 Å². The van der Waals surface area contributed by atoms with Crippen LogP contribution in [0.1, 0.15) is 27.3 Å². The second-order valence-electron chi connectivity index (χ2n) is 8.96. The molecular formula is C22H26MgN2O8. The van der Waals surface area contributed by atoms with Crippen LogP contribution in [0.3, 0.4) is 0 Å². The van der Waals surface area contributed by atoms with E-state index >= 15 is 0 Å². The number of phenolic OH excluding ortho intramolecular Hbond substituents is 1. The summed E-state index contributed by atoms with van der Waals surface area (Å²) in [6, 6.07) is 3.02. The van der Waals surface area contributed by atoms with Gasteiger partial charge in [0.25, 0.3) is 5.91 Å². The van der Waals surface area contributed by atoms with Gasteiger partial charge in [-0.15, -0.1) is 0 Å². The first-order valence-corrected chi connectivity index (χ1v) is 9.97. The predicted octanol–water partition coefficient (Wildman–Crippen LogP) is -0.527. The fraction of sp³-hybridized carbons (Fsp3) is 0.409. The predicted molar refractivity (Wildman–Crippen MR) is 118 cm³/mol. The summed E-state index contributed by atoms with van der Waals surface area (Å²) >= 11 is 0. The van der Waals surface area contributed by atoms with Crippen LogP contribution < -0.4 is 5.73 Å². The van der Waals surface area contributed by atoms with Gasteiger partial charge < -0.3 is 34.1 Å². The summed E-state index contributed by atoms with van der Waals surface area (Å²) < 4.78 is 0. The Hall–Kier alpha value is -2.44. The minimum Gasteiger partial charge on any atom is -1.00 e. The Morgan fingerprint density at radius 2 is 1.79 bits per heavy atom. The quantitative estimate of drug-likeness (QED) is 0.244. The maximum Gasteiger partial charge on any atom is 2.00 e. The molecule has 3 aliphatic carbocycles. The third-order valence-corrected chi connectivity index (χ3v) is 7.02. The van der Waals surface area contributed by atoms with Gasteiger partial charge in [0.05, 0.1) is 17.2 Å². The van der Waals surface area contributed by atoms with Crippen molar-refractivity contribution < 1.29 is 42.8 Å². The molecule has 5 atom stereocenters. The molecule has 1 fully saturated rings. The molecule has 1 saturated carbocycles. The number of nitrogens with zero attached hydrogens (tertiary/aromatic N) is 1. The maximum absolute atomic E-state index is 13.7. The number of hydrogen-bond acceptors (Lipinski definition) is 9. The Morgan fingerprint density at radius 3 is 2.33 bits per heavy atom. The summed E-state index contributed by atoms with van der Waals surface area (Å²) in [6.45, 7) is 1.40. The zero-order valence-corrected chi connectivity index (χ0v) is 19.8. The van der Waals surface area contributed by atoms with Crippen LogP contribution in [-0.4, -0.2) is 96.7 Å². The SMILES string of the molecule is CN(C)[C@@H]1C(=O)C(C(N)=O)=C(O)[C@@]2(O)C(=O)C3=C(O)c4c(O)cccc4[C@@](C)(O)[C@H]3C[C@@H]12.[H-].[H-].[Mg+2]. The molecular weight excluding hydrogens is 445 g/mol. The number of aromatic hydroxyl groups is 1. The molecule has 0 aliphatic heterocycles. The van der Waals surface area contributed by atoms with Crippen molar-refractivity contribution in [2.45, 2.75) is 30.6 Å². The number of aliphatic hydroxyl groups excluding tert-OH is 2. The van der Waals surface area contributed by atoms with Crippen LogP contribution in [0.15, 0.2) is 35.1 Å². The van der Waals surface area contributed by atoms with Gasteiger partial charge in [-0.3, -0.25) is 19.3 Å². The Labute approximate surface area is 208 Å². The molecule has 11 heteroatoms. The van der Waals surface area contributed by atoms with E-state index in [1.54, 1.807) is 0 Å². The number of primary amides is 1. The van der Waals surface area contributed by atoms with Crippen molar-refractivity contribution in [3.05, 3.63) is 46.2 Å². The summed E-state index contributed by atoms with van der Waals surface area (Å²) in [5.74, 6) is -7.90. The molecule has 3 aliphatic rings. The Kier molecular flexibility index (Phi) is 5.96. The Balaban J connectivity index is 0.00000204. The van der Waals surface area contributed by atoms with Gasteiger partial charge in [-0.05, 0) is 39.1 Å². The van der Waals surface area contributed by atoms with E-state index in [0.29, 0.717) is 0 Å². The minimum absolute atomic E-state index is 0. The van der Waals surface area contributed by atoms with E-state index in [0.717, 1.165) is 0 Å². The Morgan fingerprint density at radius 1 is 1.18 bits per heavy atom.